The molecule has 1 saturated carbocycles. The molecule has 0 heterocycles. The largest absolute Gasteiger partial charge is 0.493 e. The van der Waals surface area contributed by atoms with Crippen LogP contribution in [-0.4, -0.2) is 20.3 Å². The zero-order valence-electron chi connectivity index (χ0n) is 13.2. The fourth-order valence-electron chi connectivity index (χ4n) is 3.18. The third kappa shape index (κ3) is 4.36. The monoisotopic (exact) mass is 355 g/mol. The van der Waals surface area contributed by atoms with Gasteiger partial charge in [-0.1, -0.05) is 26.2 Å². The third-order valence-corrected chi connectivity index (χ3v) is 5.04. The summed E-state index contributed by atoms with van der Waals surface area (Å²) in [6, 6.07) is 4.81. The van der Waals surface area contributed by atoms with E-state index < -0.39 is 0 Å². The molecule has 0 bridgehead atoms. The normalized spacial score (nSPS) is 22.1. The Morgan fingerprint density at radius 2 is 2.05 bits per heavy atom. The first-order valence-electron chi connectivity index (χ1n) is 7.81. The minimum Gasteiger partial charge on any atom is -0.493 e. The molecular weight excluding hydrogens is 330 g/mol. The van der Waals surface area contributed by atoms with Crippen molar-refractivity contribution in [3.63, 3.8) is 0 Å². The van der Waals surface area contributed by atoms with E-state index in [4.69, 9.17) is 9.47 Å². The van der Waals surface area contributed by atoms with Gasteiger partial charge in [0.1, 0.15) is 0 Å². The number of hydrogen-bond acceptors (Lipinski definition) is 3. The Balaban J connectivity index is 1.98. The Hall–Kier alpha value is -0.740. The van der Waals surface area contributed by atoms with Crippen molar-refractivity contribution in [3.8, 4) is 11.5 Å². The minimum absolute atomic E-state index is 0.649. The highest BCUT2D eigenvalue weighted by Crippen LogP contribution is 2.36. The summed E-state index contributed by atoms with van der Waals surface area (Å²) in [6.07, 6.45) is 6.67. The number of ether oxygens (including phenoxy) is 2. The van der Waals surface area contributed by atoms with E-state index in [0.29, 0.717) is 6.04 Å². The van der Waals surface area contributed by atoms with E-state index in [-0.39, 0.29) is 0 Å². The highest BCUT2D eigenvalue weighted by molar-refractivity contribution is 9.10. The van der Waals surface area contributed by atoms with Gasteiger partial charge >= 0.3 is 0 Å². The Morgan fingerprint density at radius 1 is 1.24 bits per heavy atom. The highest BCUT2D eigenvalue weighted by Gasteiger charge is 2.20. The molecule has 1 aliphatic carbocycles. The summed E-state index contributed by atoms with van der Waals surface area (Å²) in [5, 5.41) is 3.70. The lowest BCUT2D eigenvalue weighted by Crippen LogP contribution is -2.33. The number of rotatable bonds is 6. The van der Waals surface area contributed by atoms with E-state index >= 15 is 0 Å². The summed E-state index contributed by atoms with van der Waals surface area (Å²) in [5.41, 5.74) is 1.22. The van der Waals surface area contributed by atoms with Crippen LogP contribution in [0.5, 0.6) is 11.5 Å². The van der Waals surface area contributed by atoms with E-state index in [1.807, 2.05) is 0 Å². The van der Waals surface area contributed by atoms with Gasteiger partial charge < -0.3 is 14.8 Å². The average Bonchev–Trinajstić information content (AvgIpc) is 2.52. The van der Waals surface area contributed by atoms with Crippen molar-refractivity contribution >= 4 is 15.9 Å². The summed E-state index contributed by atoms with van der Waals surface area (Å²) in [5.74, 6) is 2.43. The first kappa shape index (κ1) is 16.6. The lowest BCUT2D eigenvalue weighted by Gasteiger charge is -2.29. The van der Waals surface area contributed by atoms with Gasteiger partial charge in [-0.2, -0.15) is 0 Å². The predicted octanol–water partition coefficient (Wildman–Crippen LogP) is 4.52. The van der Waals surface area contributed by atoms with Crippen LogP contribution < -0.4 is 14.8 Å². The second kappa shape index (κ2) is 8.04. The Morgan fingerprint density at radius 3 is 2.71 bits per heavy atom. The van der Waals surface area contributed by atoms with E-state index in [2.05, 4.69) is 40.3 Å². The van der Waals surface area contributed by atoms with Gasteiger partial charge in [-0.25, -0.2) is 0 Å². The lowest BCUT2D eigenvalue weighted by atomic mass is 9.84. The quantitative estimate of drug-likeness (QED) is 0.813. The molecule has 2 rings (SSSR count). The maximum Gasteiger partial charge on any atom is 0.174 e. The van der Waals surface area contributed by atoms with Crippen LogP contribution in [0.25, 0.3) is 0 Å². The molecule has 0 radical (unpaired) electrons. The van der Waals surface area contributed by atoms with Crippen LogP contribution in [0, 0.1) is 5.92 Å². The van der Waals surface area contributed by atoms with Gasteiger partial charge in [-0.3, -0.25) is 0 Å². The van der Waals surface area contributed by atoms with Crippen LogP contribution in [0.2, 0.25) is 0 Å². The van der Waals surface area contributed by atoms with Crippen LogP contribution in [0.1, 0.15) is 44.6 Å². The summed E-state index contributed by atoms with van der Waals surface area (Å²) in [7, 11) is 3.34. The lowest BCUT2D eigenvalue weighted by molar-refractivity contribution is 0.278. The number of halogens is 1. The topological polar surface area (TPSA) is 30.5 Å². The number of nitrogens with one attached hydrogen (secondary N) is 1. The molecule has 1 aliphatic rings. The molecular formula is C17H26BrNO2. The van der Waals surface area contributed by atoms with E-state index in [1.54, 1.807) is 14.2 Å². The van der Waals surface area contributed by atoms with Crippen molar-refractivity contribution < 1.29 is 9.47 Å². The molecule has 0 spiro atoms. The molecule has 0 amide bonds. The first-order chi connectivity index (χ1) is 10.2. The van der Waals surface area contributed by atoms with Crippen molar-refractivity contribution in [1.29, 1.82) is 0 Å². The van der Waals surface area contributed by atoms with Crippen molar-refractivity contribution in [2.75, 3.05) is 14.2 Å². The molecule has 1 fully saturated rings. The number of benzene rings is 1. The minimum atomic E-state index is 0.649. The van der Waals surface area contributed by atoms with Crippen LogP contribution in [0.4, 0.5) is 0 Å². The van der Waals surface area contributed by atoms with Gasteiger partial charge in [0.25, 0.3) is 0 Å². The zero-order valence-corrected chi connectivity index (χ0v) is 14.8. The first-order valence-corrected chi connectivity index (χ1v) is 8.61. The molecule has 118 valence electrons. The van der Waals surface area contributed by atoms with Gasteiger partial charge in [0, 0.05) is 12.6 Å². The summed E-state index contributed by atoms with van der Waals surface area (Å²) >= 11 is 3.55. The van der Waals surface area contributed by atoms with E-state index in [9.17, 15) is 0 Å². The van der Waals surface area contributed by atoms with Gasteiger partial charge in [-0.15, -0.1) is 0 Å². The van der Waals surface area contributed by atoms with Gasteiger partial charge in [0.05, 0.1) is 18.7 Å². The van der Waals surface area contributed by atoms with E-state index in [1.165, 1.54) is 37.7 Å². The van der Waals surface area contributed by atoms with Crippen LogP contribution in [0.3, 0.4) is 0 Å². The van der Waals surface area contributed by atoms with Gasteiger partial charge in [-0.05, 0) is 52.4 Å². The predicted molar refractivity (Wildman–Crippen MR) is 90.1 cm³/mol. The van der Waals surface area contributed by atoms with Crippen molar-refractivity contribution in [3.05, 3.63) is 22.2 Å². The molecule has 2 atom stereocenters. The summed E-state index contributed by atoms with van der Waals surface area (Å²) in [6.45, 7) is 3.18. The summed E-state index contributed by atoms with van der Waals surface area (Å²) < 4.78 is 11.7. The Bertz CT molecular complexity index is 464. The Labute approximate surface area is 136 Å². The van der Waals surface area contributed by atoms with Crippen molar-refractivity contribution in [2.24, 2.45) is 5.92 Å². The highest BCUT2D eigenvalue weighted by atomic mass is 79.9. The second-order valence-corrected chi connectivity index (χ2v) is 6.69. The van der Waals surface area contributed by atoms with Crippen molar-refractivity contribution in [1.82, 2.24) is 5.32 Å². The Kier molecular flexibility index (Phi) is 6.37. The molecule has 2 unspecified atom stereocenters. The molecule has 1 N–H and O–H groups in total. The molecule has 3 nitrogen and oxygen atoms in total. The van der Waals surface area contributed by atoms with Crippen molar-refractivity contribution in [2.45, 2.75) is 51.6 Å². The third-order valence-electron chi connectivity index (χ3n) is 4.45. The van der Waals surface area contributed by atoms with E-state index in [0.717, 1.165) is 28.4 Å². The maximum atomic E-state index is 5.40. The standard InChI is InChI=1S/C17H26BrNO2/c1-4-12-6-5-7-14(8-12)19-11-13-9-15(18)17(21-3)16(10-13)20-2/h9-10,12,14,19H,4-8,11H2,1-3H3. The maximum absolute atomic E-state index is 5.40. The van der Waals surface area contributed by atoms with Crippen LogP contribution >= 0.6 is 15.9 Å². The SMILES string of the molecule is CCC1CCCC(NCc2cc(Br)c(OC)c(OC)c2)C1. The fraction of sp³-hybridized carbons (Fsp3) is 0.647. The van der Waals surface area contributed by atoms with Crippen LogP contribution in [-0.2, 0) is 6.54 Å². The average molecular weight is 356 g/mol. The molecule has 1 aromatic rings. The molecule has 1 aromatic carbocycles. The molecule has 0 aliphatic heterocycles. The number of hydrogen-bond donors (Lipinski definition) is 1. The fourth-order valence-corrected chi connectivity index (χ4v) is 3.83. The van der Waals surface area contributed by atoms with Gasteiger partial charge in [0.15, 0.2) is 11.5 Å². The number of methoxy groups -OCH3 is 2. The smallest absolute Gasteiger partial charge is 0.174 e. The zero-order chi connectivity index (χ0) is 15.2. The second-order valence-electron chi connectivity index (χ2n) is 5.83. The molecule has 0 aromatic heterocycles. The molecule has 21 heavy (non-hydrogen) atoms. The molecule has 4 heteroatoms. The van der Waals surface area contributed by atoms with Crippen LogP contribution in [0.15, 0.2) is 16.6 Å². The molecule has 0 saturated heterocycles. The van der Waals surface area contributed by atoms with Gasteiger partial charge in [0.2, 0.25) is 0 Å². The summed E-state index contributed by atoms with van der Waals surface area (Å²) in [4.78, 5) is 0.